The van der Waals surface area contributed by atoms with E-state index in [9.17, 15) is 4.39 Å². The van der Waals surface area contributed by atoms with Crippen molar-refractivity contribution >= 4 is 41.5 Å². The second-order valence-corrected chi connectivity index (χ2v) is 7.36. The predicted octanol–water partition coefficient (Wildman–Crippen LogP) is 4.73. The monoisotopic (exact) mass is 563 g/mol. The van der Waals surface area contributed by atoms with Gasteiger partial charge in [0.25, 0.3) is 0 Å². The van der Waals surface area contributed by atoms with Crippen molar-refractivity contribution in [2.75, 3.05) is 27.9 Å². The first-order valence-corrected chi connectivity index (χ1v) is 10.2. The lowest BCUT2D eigenvalue weighted by atomic mass is 10.1. The van der Waals surface area contributed by atoms with Crippen molar-refractivity contribution in [2.24, 2.45) is 4.99 Å². The molecule has 0 radical (unpaired) electrons. The van der Waals surface area contributed by atoms with Crippen LogP contribution in [0.4, 0.5) is 4.39 Å². The molecule has 0 amide bonds. The van der Waals surface area contributed by atoms with Gasteiger partial charge in [0.2, 0.25) is 5.75 Å². The Morgan fingerprint density at radius 3 is 2.39 bits per heavy atom. The van der Waals surface area contributed by atoms with Gasteiger partial charge in [0, 0.05) is 29.1 Å². The topological polar surface area (TPSA) is 64.1 Å². The van der Waals surface area contributed by atoms with Gasteiger partial charge in [-0.05, 0) is 43.2 Å². The maximum absolute atomic E-state index is 14.2. The summed E-state index contributed by atoms with van der Waals surface area (Å²) in [6, 6.07) is 8.60. The third kappa shape index (κ3) is 6.06. The molecule has 9 heteroatoms. The molecule has 0 saturated heterocycles. The minimum Gasteiger partial charge on any atom is -0.493 e. The zero-order chi connectivity index (χ0) is 21.7. The SMILES string of the molecule is CCNC(=NCc1cc(OC)c(OC)c(OC)c1)NC1CC1c1c(F)cccc1Cl.I. The van der Waals surface area contributed by atoms with Crippen LogP contribution in [-0.2, 0) is 6.54 Å². The normalized spacial score (nSPS) is 17.4. The molecule has 1 saturated carbocycles. The number of halogens is 3. The van der Waals surface area contributed by atoms with Crippen LogP contribution in [0.25, 0.3) is 0 Å². The van der Waals surface area contributed by atoms with Crippen molar-refractivity contribution in [3.05, 3.63) is 52.3 Å². The van der Waals surface area contributed by atoms with Crippen molar-refractivity contribution in [1.82, 2.24) is 10.6 Å². The number of nitrogens with zero attached hydrogens (tertiary/aromatic N) is 1. The summed E-state index contributed by atoms with van der Waals surface area (Å²) in [5, 5.41) is 7.06. The first-order chi connectivity index (χ1) is 14.5. The summed E-state index contributed by atoms with van der Waals surface area (Å²) in [5.41, 5.74) is 1.48. The van der Waals surface area contributed by atoms with Gasteiger partial charge >= 0.3 is 0 Å². The second kappa shape index (κ2) is 11.6. The van der Waals surface area contributed by atoms with Crippen molar-refractivity contribution in [2.45, 2.75) is 31.8 Å². The highest BCUT2D eigenvalue weighted by atomic mass is 127. The smallest absolute Gasteiger partial charge is 0.203 e. The molecule has 2 atom stereocenters. The van der Waals surface area contributed by atoms with E-state index in [4.69, 9.17) is 25.8 Å². The summed E-state index contributed by atoms with van der Waals surface area (Å²) in [5.74, 6) is 2.12. The van der Waals surface area contributed by atoms with Crippen molar-refractivity contribution < 1.29 is 18.6 Å². The van der Waals surface area contributed by atoms with Crippen LogP contribution in [0.2, 0.25) is 5.02 Å². The van der Waals surface area contributed by atoms with Crippen LogP contribution in [0.3, 0.4) is 0 Å². The highest BCUT2D eigenvalue weighted by Crippen LogP contribution is 2.45. The highest BCUT2D eigenvalue weighted by Gasteiger charge is 2.41. The molecule has 0 spiro atoms. The van der Waals surface area contributed by atoms with E-state index < -0.39 is 0 Å². The summed E-state index contributed by atoms with van der Waals surface area (Å²) in [6.45, 7) is 3.11. The summed E-state index contributed by atoms with van der Waals surface area (Å²) < 4.78 is 30.3. The van der Waals surface area contributed by atoms with Gasteiger partial charge in [-0.25, -0.2) is 9.38 Å². The van der Waals surface area contributed by atoms with Gasteiger partial charge in [-0.2, -0.15) is 0 Å². The number of benzene rings is 2. The molecule has 1 aliphatic carbocycles. The third-order valence-electron chi connectivity index (χ3n) is 4.97. The zero-order valence-electron chi connectivity index (χ0n) is 18.0. The second-order valence-electron chi connectivity index (χ2n) is 6.96. The Kier molecular flexibility index (Phi) is 9.49. The number of nitrogens with one attached hydrogen (secondary N) is 2. The molecule has 2 N–H and O–H groups in total. The highest BCUT2D eigenvalue weighted by molar-refractivity contribution is 14.0. The quantitative estimate of drug-likeness (QED) is 0.276. The van der Waals surface area contributed by atoms with Crippen LogP contribution in [0.1, 0.15) is 30.4 Å². The van der Waals surface area contributed by atoms with Crippen LogP contribution >= 0.6 is 35.6 Å². The summed E-state index contributed by atoms with van der Waals surface area (Å²) in [6.07, 6.45) is 0.801. The molecule has 31 heavy (non-hydrogen) atoms. The number of methoxy groups -OCH3 is 3. The first-order valence-electron chi connectivity index (χ1n) is 9.80. The van der Waals surface area contributed by atoms with E-state index in [0.717, 1.165) is 12.0 Å². The maximum Gasteiger partial charge on any atom is 0.203 e. The Bertz CT molecular complexity index is 884. The van der Waals surface area contributed by atoms with Gasteiger partial charge in [-0.3, -0.25) is 0 Å². The molecule has 6 nitrogen and oxygen atoms in total. The lowest BCUT2D eigenvalue weighted by Gasteiger charge is -2.14. The summed E-state index contributed by atoms with van der Waals surface area (Å²) >= 11 is 6.20. The van der Waals surface area contributed by atoms with E-state index >= 15 is 0 Å². The standard InChI is InChI=1S/C22H27ClFN3O3.HI/c1-5-25-22(27-17-11-14(17)20-15(23)7-6-8-16(20)24)26-12-13-9-18(28-2)21(30-4)19(10-13)29-3;/h6-10,14,17H,5,11-12H2,1-4H3,(H2,25,26,27);1H. The van der Waals surface area contributed by atoms with Gasteiger partial charge in [0.05, 0.1) is 27.9 Å². The van der Waals surface area contributed by atoms with Crippen LogP contribution in [0, 0.1) is 5.82 Å². The van der Waals surface area contributed by atoms with Gasteiger partial charge in [-0.1, -0.05) is 17.7 Å². The van der Waals surface area contributed by atoms with Gasteiger partial charge in [0.15, 0.2) is 17.5 Å². The number of guanidine groups is 1. The molecule has 0 bridgehead atoms. The van der Waals surface area contributed by atoms with E-state index in [1.54, 1.807) is 33.5 Å². The number of hydrogen-bond acceptors (Lipinski definition) is 4. The van der Waals surface area contributed by atoms with Gasteiger partial charge in [0.1, 0.15) is 5.82 Å². The average molecular weight is 564 g/mol. The molecule has 0 aliphatic heterocycles. The Morgan fingerprint density at radius 2 is 1.84 bits per heavy atom. The van der Waals surface area contributed by atoms with E-state index in [1.807, 2.05) is 19.1 Å². The van der Waals surface area contributed by atoms with Crippen LogP contribution in [0.5, 0.6) is 17.2 Å². The fourth-order valence-corrected chi connectivity index (χ4v) is 3.73. The molecule has 2 unspecified atom stereocenters. The Hall–Kier alpha value is -1.94. The predicted molar refractivity (Wildman–Crippen MR) is 132 cm³/mol. The van der Waals surface area contributed by atoms with Crippen LogP contribution in [-0.4, -0.2) is 39.9 Å². The molecule has 2 aromatic rings. The van der Waals surface area contributed by atoms with E-state index in [1.165, 1.54) is 6.07 Å². The Balaban J connectivity index is 0.00000341. The minimum atomic E-state index is -0.267. The van der Waals surface area contributed by atoms with E-state index in [-0.39, 0.29) is 41.8 Å². The van der Waals surface area contributed by atoms with Crippen molar-refractivity contribution in [1.29, 1.82) is 0 Å². The molecular weight excluding hydrogens is 536 g/mol. The van der Waals surface area contributed by atoms with Crippen LogP contribution < -0.4 is 24.8 Å². The lowest BCUT2D eigenvalue weighted by molar-refractivity contribution is 0.324. The van der Waals surface area contributed by atoms with Gasteiger partial charge < -0.3 is 24.8 Å². The zero-order valence-corrected chi connectivity index (χ0v) is 21.1. The molecule has 170 valence electrons. The average Bonchev–Trinajstić information content (AvgIpc) is 3.49. The summed E-state index contributed by atoms with van der Waals surface area (Å²) in [4.78, 5) is 4.66. The van der Waals surface area contributed by atoms with E-state index in [0.29, 0.717) is 46.9 Å². The van der Waals surface area contributed by atoms with Crippen molar-refractivity contribution in [3.63, 3.8) is 0 Å². The van der Waals surface area contributed by atoms with Crippen molar-refractivity contribution in [3.8, 4) is 17.2 Å². The fourth-order valence-electron chi connectivity index (χ4n) is 3.43. The van der Waals surface area contributed by atoms with Gasteiger partial charge in [-0.15, -0.1) is 24.0 Å². The molecule has 0 aromatic heterocycles. The molecule has 2 aromatic carbocycles. The first kappa shape index (κ1) is 25.3. The molecule has 1 fully saturated rings. The molecule has 0 heterocycles. The largest absolute Gasteiger partial charge is 0.493 e. The summed E-state index contributed by atoms with van der Waals surface area (Å²) in [7, 11) is 4.73. The molecule has 3 rings (SSSR count). The Labute approximate surface area is 204 Å². The number of rotatable bonds is 8. The number of aliphatic imine (C=N–C) groups is 1. The van der Waals surface area contributed by atoms with E-state index in [2.05, 4.69) is 15.6 Å². The fraction of sp³-hybridized carbons (Fsp3) is 0.409. The maximum atomic E-state index is 14.2. The molecular formula is C22H28ClFIN3O3. The molecule has 1 aliphatic rings. The minimum absolute atomic E-state index is 0. The van der Waals surface area contributed by atoms with Crippen LogP contribution in [0.15, 0.2) is 35.3 Å². The lowest BCUT2D eigenvalue weighted by Crippen LogP contribution is -2.39. The third-order valence-corrected chi connectivity index (χ3v) is 5.30. The number of hydrogen-bond donors (Lipinski definition) is 2. The number of ether oxygens (including phenoxy) is 3. The Morgan fingerprint density at radius 1 is 1.16 bits per heavy atom.